The average molecular weight is 332 g/mol. The lowest BCUT2D eigenvalue weighted by molar-refractivity contribution is -0.124. The molecule has 2 amide bonds. The Labute approximate surface area is 142 Å². The fourth-order valence-corrected chi connectivity index (χ4v) is 3.83. The van der Waals surface area contributed by atoms with E-state index in [1.54, 1.807) is 18.2 Å². The molecule has 6 heteroatoms. The van der Waals surface area contributed by atoms with E-state index in [0.717, 1.165) is 25.8 Å². The van der Waals surface area contributed by atoms with Gasteiger partial charge in [-0.3, -0.25) is 14.5 Å². The van der Waals surface area contributed by atoms with Crippen molar-refractivity contribution < 1.29 is 19.4 Å². The number of aliphatic hydroxyl groups is 1. The van der Waals surface area contributed by atoms with Crippen LogP contribution in [-0.4, -0.2) is 54.2 Å². The Hall–Kier alpha value is -1.92. The van der Waals surface area contributed by atoms with Gasteiger partial charge in [-0.05, 0) is 37.9 Å². The number of nitrogens with zero attached hydrogens (tertiary/aromatic N) is 2. The molecule has 0 unspecified atom stereocenters. The number of carbonyl (C=O) groups is 2. The van der Waals surface area contributed by atoms with Crippen molar-refractivity contribution in [3.8, 4) is 5.75 Å². The molecule has 0 aromatic heterocycles. The van der Waals surface area contributed by atoms with E-state index in [1.807, 2.05) is 6.07 Å². The van der Waals surface area contributed by atoms with Crippen molar-refractivity contribution in [3.63, 3.8) is 0 Å². The molecule has 1 N–H and O–H groups in total. The Morgan fingerprint density at radius 3 is 2.79 bits per heavy atom. The van der Waals surface area contributed by atoms with Gasteiger partial charge in [0, 0.05) is 12.6 Å². The van der Waals surface area contributed by atoms with Crippen molar-refractivity contribution in [3.05, 3.63) is 24.3 Å². The molecule has 3 rings (SSSR count). The molecule has 0 spiro atoms. The molecule has 2 saturated heterocycles. The van der Waals surface area contributed by atoms with Gasteiger partial charge in [-0.25, -0.2) is 4.90 Å². The summed E-state index contributed by atoms with van der Waals surface area (Å²) in [5.74, 6) is 0.141. The largest absolute Gasteiger partial charge is 0.495 e. The summed E-state index contributed by atoms with van der Waals surface area (Å²) in [5, 5.41) is 9.29. The number of piperidine rings is 1. The van der Waals surface area contributed by atoms with E-state index in [9.17, 15) is 14.7 Å². The molecular formula is C18H24N2O4. The number of benzene rings is 1. The predicted molar refractivity (Wildman–Crippen MR) is 89.9 cm³/mol. The van der Waals surface area contributed by atoms with Crippen molar-refractivity contribution in [2.45, 2.75) is 44.2 Å². The van der Waals surface area contributed by atoms with Gasteiger partial charge in [0.1, 0.15) is 5.75 Å². The molecule has 0 saturated carbocycles. The quantitative estimate of drug-likeness (QED) is 0.829. The number of carbonyl (C=O) groups excluding carboxylic acids is 2. The Morgan fingerprint density at radius 2 is 2.04 bits per heavy atom. The molecule has 0 aliphatic carbocycles. The van der Waals surface area contributed by atoms with E-state index >= 15 is 0 Å². The van der Waals surface area contributed by atoms with Crippen LogP contribution in [0.5, 0.6) is 5.75 Å². The standard InChI is InChI=1S/C18H24N2O4/c1-24-16-8-3-2-7-14(16)20-17(22)12-15(18(20)23)19-10-5-4-6-13(19)9-11-21/h2-3,7-8,13,15,21H,4-6,9-12H2,1H3/t13-,15+/m1/s1. The van der Waals surface area contributed by atoms with Crippen LogP contribution in [0.3, 0.4) is 0 Å². The minimum absolute atomic E-state index is 0.103. The number of aliphatic hydroxyl groups excluding tert-OH is 1. The van der Waals surface area contributed by atoms with Crippen LogP contribution in [-0.2, 0) is 9.59 Å². The number of rotatable bonds is 5. The number of ether oxygens (including phenoxy) is 1. The molecule has 2 atom stereocenters. The average Bonchev–Trinajstić information content (AvgIpc) is 2.90. The first-order valence-corrected chi connectivity index (χ1v) is 8.53. The third-order valence-electron chi connectivity index (χ3n) is 4.98. The predicted octanol–water partition coefficient (Wildman–Crippen LogP) is 1.56. The van der Waals surface area contributed by atoms with Gasteiger partial charge in [0.2, 0.25) is 5.91 Å². The first-order valence-electron chi connectivity index (χ1n) is 8.53. The van der Waals surface area contributed by atoms with Gasteiger partial charge in [-0.15, -0.1) is 0 Å². The van der Waals surface area contributed by atoms with Crippen LogP contribution in [0.15, 0.2) is 24.3 Å². The summed E-state index contributed by atoms with van der Waals surface area (Å²) in [6, 6.07) is 6.83. The van der Waals surface area contributed by atoms with Crippen molar-refractivity contribution in [2.24, 2.45) is 0 Å². The van der Waals surface area contributed by atoms with Crippen LogP contribution in [0, 0.1) is 0 Å². The van der Waals surface area contributed by atoms with Crippen molar-refractivity contribution >= 4 is 17.5 Å². The summed E-state index contributed by atoms with van der Waals surface area (Å²) in [6.07, 6.45) is 3.93. The van der Waals surface area contributed by atoms with Gasteiger partial charge in [0.25, 0.3) is 5.91 Å². The summed E-state index contributed by atoms with van der Waals surface area (Å²) in [7, 11) is 1.53. The molecular weight excluding hydrogens is 308 g/mol. The molecule has 0 bridgehead atoms. The number of amides is 2. The molecule has 0 radical (unpaired) electrons. The maximum atomic E-state index is 13.0. The minimum Gasteiger partial charge on any atom is -0.495 e. The zero-order valence-electron chi connectivity index (χ0n) is 14.0. The second-order valence-corrected chi connectivity index (χ2v) is 6.36. The molecule has 1 aromatic rings. The number of para-hydroxylation sites is 2. The van der Waals surface area contributed by atoms with Gasteiger partial charge >= 0.3 is 0 Å². The van der Waals surface area contributed by atoms with Crippen molar-refractivity contribution in [2.75, 3.05) is 25.2 Å². The van der Waals surface area contributed by atoms with E-state index in [2.05, 4.69) is 4.90 Å². The Kier molecular flexibility index (Phi) is 5.16. The lowest BCUT2D eigenvalue weighted by Gasteiger charge is -2.38. The highest BCUT2D eigenvalue weighted by atomic mass is 16.5. The summed E-state index contributed by atoms with van der Waals surface area (Å²) < 4.78 is 5.30. The molecule has 2 aliphatic heterocycles. The fraction of sp³-hybridized carbons (Fsp3) is 0.556. The summed E-state index contributed by atoms with van der Waals surface area (Å²) in [6.45, 7) is 0.903. The van der Waals surface area contributed by atoms with Gasteiger partial charge in [0.05, 0.1) is 25.3 Å². The maximum Gasteiger partial charge on any atom is 0.251 e. The smallest absolute Gasteiger partial charge is 0.251 e. The molecule has 1 aromatic carbocycles. The minimum atomic E-state index is -0.431. The normalized spacial score (nSPS) is 25.3. The zero-order chi connectivity index (χ0) is 17.1. The SMILES string of the molecule is COc1ccccc1N1C(=O)C[C@H](N2CCCC[C@@H]2CCO)C1=O. The van der Waals surface area contributed by atoms with Gasteiger partial charge in [-0.1, -0.05) is 18.6 Å². The van der Waals surface area contributed by atoms with E-state index in [-0.39, 0.29) is 30.9 Å². The van der Waals surface area contributed by atoms with Crippen molar-refractivity contribution in [1.29, 1.82) is 0 Å². The topological polar surface area (TPSA) is 70.1 Å². The van der Waals surface area contributed by atoms with Crippen LogP contribution in [0.4, 0.5) is 5.69 Å². The van der Waals surface area contributed by atoms with E-state index < -0.39 is 6.04 Å². The van der Waals surface area contributed by atoms with Gasteiger partial charge < -0.3 is 9.84 Å². The van der Waals surface area contributed by atoms with Crippen LogP contribution in [0.25, 0.3) is 0 Å². The van der Waals surface area contributed by atoms with Crippen LogP contribution in [0.2, 0.25) is 0 Å². The maximum absolute atomic E-state index is 13.0. The van der Waals surface area contributed by atoms with Crippen LogP contribution < -0.4 is 9.64 Å². The highest BCUT2D eigenvalue weighted by Gasteiger charge is 2.45. The van der Waals surface area contributed by atoms with E-state index in [4.69, 9.17) is 4.74 Å². The third-order valence-corrected chi connectivity index (χ3v) is 4.98. The lowest BCUT2D eigenvalue weighted by atomic mass is 9.97. The third kappa shape index (κ3) is 3.03. The fourth-order valence-electron chi connectivity index (χ4n) is 3.83. The molecule has 2 aliphatic rings. The van der Waals surface area contributed by atoms with E-state index in [1.165, 1.54) is 12.0 Å². The highest BCUT2D eigenvalue weighted by Crippen LogP contribution is 2.35. The summed E-state index contributed by atoms with van der Waals surface area (Å²) >= 11 is 0. The molecule has 2 heterocycles. The van der Waals surface area contributed by atoms with Crippen LogP contribution in [0.1, 0.15) is 32.1 Å². The monoisotopic (exact) mass is 332 g/mol. The summed E-state index contributed by atoms with van der Waals surface area (Å²) in [5.41, 5.74) is 0.508. The van der Waals surface area contributed by atoms with Crippen LogP contribution >= 0.6 is 0 Å². The number of methoxy groups -OCH3 is 1. The number of hydrogen-bond donors (Lipinski definition) is 1. The number of imide groups is 1. The second-order valence-electron chi connectivity index (χ2n) is 6.36. The van der Waals surface area contributed by atoms with Gasteiger partial charge in [0.15, 0.2) is 0 Å². The lowest BCUT2D eigenvalue weighted by Crippen LogP contribution is -2.50. The number of anilines is 1. The number of likely N-dealkylation sites (tertiary alicyclic amines) is 1. The zero-order valence-corrected chi connectivity index (χ0v) is 14.0. The Bertz CT molecular complexity index is 617. The van der Waals surface area contributed by atoms with Gasteiger partial charge in [-0.2, -0.15) is 0 Å². The molecule has 130 valence electrons. The number of hydrogen-bond acceptors (Lipinski definition) is 5. The summed E-state index contributed by atoms with van der Waals surface area (Å²) in [4.78, 5) is 28.9. The first-order chi connectivity index (χ1) is 11.7. The first kappa shape index (κ1) is 16.9. The molecule has 2 fully saturated rings. The Morgan fingerprint density at radius 1 is 1.25 bits per heavy atom. The highest BCUT2D eigenvalue weighted by molar-refractivity contribution is 6.23. The van der Waals surface area contributed by atoms with E-state index in [0.29, 0.717) is 17.9 Å². The second kappa shape index (κ2) is 7.32. The van der Waals surface area contributed by atoms with Crippen molar-refractivity contribution in [1.82, 2.24) is 4.90 Å². The molecule has 24 heavy (non-hydrogen) atoms. The molecule has 6 nitrogen and oxygen atoms in total. The Balaban J connectivity index is 1.86.